The molecule has 0 amide bonds. The van der Waals surface area contributed by atoms with Gasteiger partial charge < -0.3 is 15.2 Å². The number of nitrogen functional groups attached to an aromatic ring is 1. The first kappa shape index (κ1) is 15.7. The van der Waals surface area contributed by atoms with E-state index in [0.717, 1.165) is 10.0 Å². The van der Waals surface area contributed by atoms with Gasteiger partial charge in [0.25, 0.3) is 0 Å². The van der Waals surface area contributed by atoms with Crippen LogP contribution in [0, 0.1) is 0 Å². The van der Waals surface area contributed by atoms with Gasteiger partial charge in [-0.1, -0.05) is 39.7 Å². The fourth-order valence-corrected chi connectivity index (χ4v) is 2.36. The van der Waals surface area contributed by atoms with Crippen molar-refractivity contribution in [2.24, 2.45) is 0 Å². The highest BCUT2D eigenvalue weighted by Gasteiger charge is 2.16. The zero-order valence-corrected chi connectivity index (χ0v) is 13.6. The van der Waals surface area contributed by atoms with Crippen molar-refractivity contribution in [1.29, 1.82) is 0 Å². The standard InChI is InChI=1S/C15H13BrClNO3/c1-20-14-7-13(18)12(17)6-11(14)15(19)21-8-9-3-2-4-10(16)5-9/h2-7H,8,18H2,1H3. The SMILES string of the molecule is COc1cc(N)c(Cl)cc1C(=O)OCc1cccc(Br)c1. The van der Waals surface area contributed by atoms with Gasteiger partial charge in [-0.2, -0.15) is 0 Å². The minimum atomic E-state index is -0.520. The molecule has 0 bridgehead atoms. The normalized spacial score (nSPS) is 10.2. The molecule has 0 aliphatic carbocycles. The smallest absolute Gasteiger partial charge is 0.342 e. The summed E-state index contributed by atoms with van der Waals surface area (Å²) in [6.07, 6.45) is 0. The summed E-state index contributed by atoms with van der Waals surface area (Å²) in [6.45, 7) is 0.156. The summed E-state index contributed by atoms with van der Waals surface area (Å²) >= 11 is 9.29. The van der Waals surface area contributed by atoms with E-state index in [1.165, 1.54) is 19.2 Å². The highest BCUT2D eigenvalue weighted by atomic mass is 79.9. The zero-order chi connectivity index (χ0) is 15.4. The van der Waals surface area contributed by atoms with Crippen molar-refractivity contribution in [1.82, 2.24) is 0 Å². The number of carbonyl (C=O) groups is 1. The van der Waals surface area contributed by atoms with E-state index in [-0.39, 0.29) is 17.2 Å². The lowest BCUT2D eigenvalue weighted by molar-refractivity contribution is 0.0469. The highest BCUT2D eigenvalue weighted by Crippen LogP contribution is 2.29. The molecule has 0 atom stereocenters. The number of ether oxygens (including phenoxy) is 2. The van der Waals surface area contributed by atoms with Crippen LogP contribution in [0.3, 0.4) is 0 Å². The largest absolute Gasteiger partial charge is 0.496 e. The Kier molecular flexibility index (Phi) is 5.09. The third-order valence-electron chi connectivity index (χ3n) is 2.80. The van der Waals surface area contributed by atoms with Crippen LogP contribution in [0.15, 0.2) is 40.9 Å². The topological polar surface area (TPSA) is 61.5 Å². The fourth-order valence-electron chi connectivity index (χ4n) is 1.75. The second-order valence-electron chi connectivity index (χ2n) is 4.28. The van der Waals surface area contributed by atoms with E-state index in [2.05, 4.69) is 15.9 Å². The molecule has 2 N–H and O–H groups in total. The first-order valence-corrected chi connectivity index (χ1v) is 7.23. The average Bonchev–Trinajstić information content (AvgIpc) is 2.47. The van der Waals surface area contributed by atoms with Crippen molar-refractivity contribution in [2.45, 2.75) is 6.61 Å². The summed E-state index contributed by atoms with van der Waals surface area (Å²) in [4.78, 5) is 12.1. The minimum absolute atomic E-state index is 0.156. The van der Waals surface area contributed by atoms with E-state index in [4.69, 9.17) is 26.8 Å². The predicted octanol–water partition coefficient (Wildman–Crippen LogP) is 4.05. The Morgan fingerprint density at radius 2 is 2.10 bits per heavy atom. The number of rotatable bonds is 4. The van der Waals surface area contributed by atoms with E-state index < -0.39 is 5.97 Å². The van der Waals surface area contributed by atoms with Gasteiger partial charge in [-0.3, -0.25) is 0 Å². The molecule has 0 saturated carbocycles. The van der Waals surface area contributed by atoms with Crippen LogP contribution < -0.4 is 10.5 Å². The van der Waals surface area contributed by atoms with Crippen LogP contribution in [0.4, 0.5) is 5.69 Å². The Morgan fingerprint density at radius 3 is 2.76 bits per heavy atom. The number of esters is 1. The minimum Gasteiger partial charge on any atom is -0.496 e. The van der Waals surface area contributed by atoms with Gasteiger partial charge in [0.2, 0.25) is 0 Å². The van der Waals surface area contributed by atoms with Gasteiger partial charge in [0.15, 0.2) is 0 Å². The lowest BCUT2D eigenvalue weighted by atomic mass is 10.2. The molecule has 0 saturated heterocycles. The van der Waals surface area contributed by atoms with E-state index in [1.807, 2.05) is 24.3 Å². The van der Waals surface area contributed by atoms with Gasteiger partial charge in [-0.25, -0.2) is 4.79 Å². The van der Waals surface area contributed by atoms with Gasteiger partial charge in [-0.15, -0.1) is 0 Å². The molecule has 0 radical (unpaired) electrons. The van der Waals surface area contributed by atoms with Crippen molar-refractivity contribution in [3.05, 3.63) is 57.0 Å². The van der Waals surface area contributed by atoms with Crippen LogP contribution in [0.25, 0.3) is 0 Å². The summed E-state index contributed by atoms with van der Waals surface area (Å²) in [5.74, 6) is -0.190. The molecule has 110 valence electrons. The number of anilines is 1. The van der Waals surface area contributed by atoms with E-state index in [1.54, 1.807) is 0 Å². The summed E-state index contributed by atoms with van der Waals surface area (Å²) in [5.41, 5.74) is 7.14. The summed E-state index contributed by atoms with van der Waals surface area (Å²) in [5, 5.41) is 0.283. The number of methoxy groups -OCH3 is 1. The molecule has 6 heteroatoms. The summed E-state index contributed by atoms with van der Waals surface area (Å²) < 4.78 is 11.3. The molecule has 0 unspecified atom stereocenters. The maximum Gasteiger partial charge on any atom is 0.342 e. The Balaban J connectivity index is 2.15. The van der Waals surface area contributed by atoms with E-state index in [9.17, 15) is 4.79 Å². The zero-order valence-electron chi connectivity index (χ0n) is 11.2. The van der Waals surface area contributed by atoms with Crippen molar-refractivity contribution < 1.29 is 14.3 Å². The van der Waals surface area contributed by atoms with E-state index >= 15 is 0 Å². The van der Waals surface area contributed by atoms with Crippen LogP contribution >= 0.6 is 27.5 Å². The summed E-state index contributed by atoms with van der Waals surface area (Å²) in [7, 11) is 1.45. The number of benzene rings is 2. The number of hydrogen-bond donors (Lipinski definition) is 1. The van der Waals surface area contributed by atoms with Gasteiger partial charge in [-0.05, 0) is 23.8 Å². The lowest BCUT2D eigenvalue weighted by Gasteiger charge is -2.11. The van der Waals surface area contributed by atoms with Crippen LogP contribution in [0.2, 0.25) is 5.02 Å². The van der Waals surface area contributed by atoms with Crippen LogP contribution in [0.1, 0.15) is 15.9 Å². The molecule has 2 aromatic rings. The third kappa shape index (κ3) is 3.89. The van der Waals surface area contributed by atoms with Crippen molar-refractivity contribution >= 4 is 39.2 Å². The molecule has 4 nitrogen and oxygen atoms in total. The molecular formula is C15H13BrClNO3. The molecular weight excluding hydrogens is 358 g/mol. The van der Waals surface area contributed by atoms with Gasteiger partial charge >= 0.3 is 5.97 Å². The highest BCUT2D eigenvalue weighted by molar-refractivity contribution is 9.10. The first-order valence-electron chi connectivity index (χ1n) is 6.06. The van der Waals surface area contributed by atoms with Crippen LogP contribution in [-0.4, -0.2) is 13.1 Å². The molecule has 0 aliphatic heterocycles. The lowest BCUT2D eigenvalue weighted by Crippen LogP contribution is -2.08. The quantitative estimate of drug-likeness (QED) is 0.651. The number of carbonyl (C=O) groups excluding carboxylic acids is 1. The molecule has 0 fully saturated rings. The molecule has 2 aromatic carbocycles. The Hall–Kier alpha value is -1.72. The Labute approximate surface area is 135 Å². The number of hydrogen-bond acceptors (Lipinski definition) is 4. The molecule has 0 spiro atoms. The maximum absolute atomic E-state index is 12.1. The number of halogens is 2. The molecule has 0 aliphatic rings. The van der Waals surface area contributed by atoms with Gasteiger partial charge in [0.05, 0.1) is 17.8 Å². The van der Waals surface area contributed by atoms with Gasteiger partial charge in [0.1, 0.15) is 17.9 Å². The van der Waals surface area contributed by atoms with Crippen molar-refractivity contribution in [2.75, 3.05) is 12.8 Å². The first-order chi connectivity index (χ1) is 10.0. The van der Waals surface area contributed by atoms with Crippen LogP contribution in [-0.2, 0) is 11.3 Å². The maximum atomic E-state index is 12.1. The third-order valence-corrected chi connectivity index (χ3v) is 3.62. The molecule has 0 aromatic heterocycles. The molecule has 2 rings (SSSR count). The fraction of sp³-hybridized carbons (Fsp3) is 0.133. The number of nitrogens with two attached hydrogens (primary N) is 1. The van der Waals surface area contributed by atoms with Crippen molar-refractivity contribution in [3.63, 3.8) is 0 Å². The second kappa shape index (κ2) is 6.83. The molecule has 0 heterocycles. The second-order valence-corrected chi connectivity index (χ2v) is 5.60. The summed E-state index contributed by atoms with van der Waals surface area (Å²) in [6, 6.07) is 10.4. The van der Waals surface area contributed by atoms with Crippen LogP contribution in [0.5, 0.6) is 5.75 Å². The van der Waals surface area contributed by atoms with Crippen molar-refractivity contribution in [3.8, 4) is 5.75 Å². The average molecular weight is 371 g/mol. The molecule has 21 heavy (non-hydrogen) atoms. The Bertz CT molecular complexity index is 676. The monoisotopic (exact) mass is 369 g/mol. The van der Waals surface area contributed by atoms with Gasteiger partial charge in [0, 0.05) is 10.5 Å². The predicted molar refractivity (Wildman–Crippen MR) is 85.7 cm³/mol. The Morgan fingerprint density at radius 1 is 1.33 bits per heavy atom. The van der Waals surface area contributed by atoms with E-state index in [0.29, 0.717) is 11.4 Å².